The second-order valence-corrected chi connectivity index (χ2v) is 6.27. The Balaban J connectivity index is 1.82. The number of nitrogens with two attached hydrogens (primary N) is 1. The van der Waals surface area contributed by atoms with Gasteiger partial charge < -0.3 is 15.3 Å². The molecule has 0 spiro atoms. The Morgan fingerprint density at radius 1 is 1.04 bits per heavy atom. The molecule has 6 nitrogen and oxygen atoms in total. The van der Waals surface area contributed by atoms with Crippen LogP contribution >= 0.6 is 0 Å². The zero-order valence-electron chi connectivity index (χ0n) is 14.2. The van der Waals surface area contributed by atoms with E-state index < -0.39 is 23.3 Å². The van der Waals surface area contributed by atoms with Gasteiger partial charge in [0.25, 0.3) is 0 Å². The number of hydrogen-bond donors (Lipinski definition) is 1. The lowest BCUT2D eigenvalue weighted by atomic mass is 9.73. The Morgan fingerprint density at radius 3 is 2.50 bits per heavy atom. The molecule has 0 bridgehead atoms. The summed E-state index contributed by atoms with van der Waals surface area (Å²) >= 11 is 0. The number of ketones is 3. The highest BCUT2D eigenvalue weighted by Gasteiger charge is 2.44. The van der Waals surface area contributed by atoms with Crippen molar-refractivity contribution >= 4 is 23.6 Å². The van der Waals surface area contributed by atoms with Crippen molar-refractivity contribution in [2.24, 2.45) is 11.7 Å². The molecule has 1 aromatic carbocycles. The van der Waals surface area contributed by atoms with Crippen molar-refractivity contribution in [1.82, 2.24) is 0 Å². The van der Waals surface area contributed by atoms with Gasteiger partial charge in [-0.05, 0) is 19.3 Å². The van der Waals surface area contributed by atoms with Crippen LogP contribution in [0.2, 0.25) is 0 Å². The largest absolute Gasteiger partial charge is 0.491 e. The molecule has 0 radical (unpaired) electrons. The van der Waals surface area contributed by atoms with E-state index in [-0.39, 0.29) is 28.2 Å². The van der Waals surface area contributed by atoms with Gasteiger partial charge in [-0.15, -0.1) is 0 Å². The van der Waals surface area contributed by atoms with Gasteiger partial charge in [0.15, 0.2) is 17.3 Å². The summed E-state index contributed by atoms with van der Waals surface area (Å²) in [5.74, 6) is -2.35. The summed E-state index contributed by atoms with van der Waals surface area (Å²) in [6, 6.07) is 6.43. The van der Waals surface area contributed by atoms with E-state index in [0.29, 0.717) is 19.4 Å². The zero-order valence-corrected chi connectivity index (χ0v) is 14.2. The topological polar surface area (TPSA) is 104 Å². The number of aldehydes is 1. The number of carbonyl (C=O) groups excluding carboxylic acids is 4. The van der Waals surface area contributed by atoms with E-state index in [1.165, 1.54) is 6.08 Å². The fourth-order valence-electron chi connectivity index (χ4n) is 3.24. The number of fused-ring (bicyclic) bond motifs is 2. The lowest BCUT2D eigenvalue weighted by Gasteiger charge is -2.28. The highest BCUT2D eigenvalue weighted by Crippen LogP contribution is 2.36. The maximum absolute atomic E-state index is 12.8. The van der Waals surface area contributed by atoms with E-state index in [1.54, 1.807) is 24.3 Å². The SMILES string of the molecule is NC1=C2C(=O)c3ccccc3C(=O)C2C(=O)C=C1OCCCCCC=O. The lowest BCUT2D eigenvalue weighted by molar-refractivity contribution is -0.116. The smallest absolute Gasteiger partial charge is 0.193 e. The molecule has 2 aliphatic carbocycles. The second kappa shape index (κ2) is 7.47. The third-order valence-corrected chi connectivity index (χ3v) is 4.57. The molecule has 26 heavy (non-hydrogen) atoms. The van der Waals surface area contributed by atoms with E-state index in [4.69, 9.17) is 10.5 Å². The fourth-order valence-corrected chi connectivity index (χ4v) is 3.24. The van der Waals surface area contributed by atoms with Crippen LogP contribution < -0.4 is 5.73 Å². The van der Waals surface area contributed by atoms with Crippen LogP contribution in [0.15, 0.2) is 47.4 Å². The quantitative estimate of drug-likeness (QED) is 0.457. The first-order valence-corrected chi connectivity index (χ1v) is 8.56. The summed E-state index contributed by atoms with van der Waals surface area (Å²) in [5, 5.41) is 0. The van der Waals surface area contributed by atoms with Crippen LogP contribution in [0.5, 0.6) is 0 Å². The van der Waals surface area contributed by atoms with Crippen molar-refractivity contribution in [3.8, 4) is 0 Å². The van der Waals surface area contributed by atoms with Crippen LogP contribution in [0.1, 0.15) is 46.4 Å². The summed E-state index contributed by atoms with van der Waals surface area (Å²) in [4.78, 5) is 48.2. The van der Waals surface area contributed by atoms with Gasteiger partial charge in [0.1, 0.15) is 18.0 Å². The van der Waals surface area contributed by atoms with E-state index in [2.05, 4.69) is 0 Å². The van der Waals surface area contributed by atoms with Crippen molar-refractivity contribution < 1.29 is 23.9 Å². The molecule has 3 rings (SSSR count). The zero-order chi connectivity index (χ0) is 18.7. The third-order valence-electron chi connectivity index (χ3n) is 4.57. The van der Waals surface area contributed by atoms with Gasteiger partial charge in [-0.1, -0.05) is 24.3 Å². The van der Waals surface area contributed by atoms with Gasteiger partial charge in [0.2, 0.25) is 0 Å². The van der Waals surface area contributed by atoms with Crippen LogP contribution in [0.3, 0.4) is 0 Å². The summed E-state index contributed by atoms with van der Waals surface area (Å²) in [6.07, 6.45) is 4.85. The normalized spacial score (nSPS) is 19.0. The van der Waals surface area contributed by atoms with E-state index in [1.807, 2.05) is 0 Å². The first kappa shape index (κ1) is 17.8. The van der Waals surface area contributed by atoms with Crippen molar-refractivity contribution in [3.63, 3.8) is 0 Å². The number of carbonyl (C=O) groups is 4. The maximum Gasteiger partial charge on any atom is 0.193 e. The second-order valence-electron chi connectivity index (χ2n) is 6.27. The molecule has 1 unspecified atom stereocenters. The first-order valence-electron chi connectivity index (χ1n) is 8.56. The van der Waals surface area contributed by atoms with Gasteiger partial charge in [-0.2, -0.15) is 0 Å². The number of ether oxygens (including phenoxy) is 1. The molecule has 0 aliphatic heterocycles. The predicted molar refractivity (Wildman–Crippen MR) is 93.4 cm³/mol. The minimum Gasteiger partial charge on any atom is -0.491 e. The Labute approximate surface area is 150 Å². The third kappa shape index (κ3) is 3.10. The molecular formula is C20H19NO5. The average Bonchev–Trinajstić information content (AvgIpc) is 2.65. The monoisotopic (exact) mass is 353 g/mol. The number of rotatable bonds is 7. The minimum atomic E-state index is -1.18. The first-order chi connectivity index (χ1) is 12.6. The van der Waals surface area contributed by atoms with Crippen molar-refractivity contribution in [1.29, 1.82) is 0 Å². The number of unbranched alkanes of at least 4 members (excludes halogenated alkanes) is 3. The number of allylic oxidation sites excluding steroid dienone is 2. The molecule has 6 heteroatoms. The molecule has 0 saturated carbocycles. The van der Waals surface area contributed by atoms with Crippen molar-refractivity contribution in [2.75, 3.05) is 6.61 Å². The van der Waals surface area contributed by atoms with E-state index in [9.17, 15) is 19.2 Å². The van der Waals surface area contributed by atoms with Crippen LogP contribution in [0, 0.1) is 5.92 Å². The van der Waals surface area contributed by atoms with E-state index in [0.717, 1.165) is 19.1 Å². The van der Waals surface area contributed by atoms with Gasteiger partial charge in [-0.25, -0.2) is 0 Å². The highest BCUT2D eigenvalue weighted by molar-refractivity contribution is 6.31. The number of benzene rings is 1. The minimum absolute atomic E-state index is 0.0113. The van der Waals surface area contributed by atoms with Crippen molar-refractivity contribution in [2.45, 2.75) is 25.7 Å². The number of hydrogen-bond acceptors (Lipinski definition) is 6. The molecule has 1 atom stereocenters. The van der Waals surface area contributed by atoms with Gasteiger partial charge in [0, 0.05) is 29.2 Å². The Bertz CT molecular complexity index is 850. The molecular weight excluding hydrogens is 334 g/mol. The summed E-state index contributed by atoms with van der Waals surface area (Å²) in [5.41, 5.74) is 6.65. The Kier molecular flexibility index (Phi) is 5.11. The molecule has 2 aliphatic rings. The van der Waals surface area contributed by atoms with Crippen LogP contribution in [-0.2, 0) is 14.3 Å². The maximum atomic E-state index is 12.8. The van der Waals surface area contributed by atoms with Gasteiger partial charge >= 0.3 is 0 Å². The fraction of sp³-hybridized carbons (Fsp3) is 0.300. The highest BCUT2D eigenvalue weighted by atomic mass is 16.5. The van der Waals surface area contributed by atoms with Gasteiger partial charge in [0.05, 0.1) is 12.3 Å². The summed E-state index contributed by atoms with van der Waals surface area (Å²) in [7, 11) is 0. The molecule has 0 amide bonds. The Hall–Kier alpha value is -3.02. The number of Topliss-reactive ketones (excluding diaryl/α,β-unsaturated/α-hetero) is 2. The molecule has 134 valence electrons. The molecule has 1 aromatic rings. The standard InChI is InChI=1S/C20H19NO5/c21-18-15(26-10-6-2-1-5-9-22)11-14(23)16-17(18)20(25)13-8-4-3-7-12(13)19(16)24/h3-4,7-9,11,16H,1-2,5-6,10,21H2. The molecule has 0 aromatic heterocycles. The molecule has 0 saturated heterocycles. The van der Waals surface area contributed by atoms with Crippen LogP contribution in [-0.4, -0.2) is 30.2 Å². The molecule has 2 N–H and O–H groups in total. The average molecular weight is 353 g/mol. The van der Waals surface area contributed by atoms with Crippen LogP contribution in [0.25, 0.3) is 0 Å². The van der Waals surface area contributed by atoms with E-state index >= 15 is 0 Å². The molecule has 0 heterocycles. The predicted octanol–water partition coefficient (Wildman–Crippen LogP) is 2.14. The lowest BCUT2D eigenvalue weighted by Crippen LogP contribution is -2.39. The summed E-state index contributed by atoms with van der Waals surface area (Å²) in [6.45, 7) is 0.315. The van der Waals surface area contributed by atoms with Gasteiger partial charge in [-0.3, -0.25) is 14.4 Å². The Morgan fingerprint density at radius 2 is 1.77 bits per heavy atom. The van der Waals surface area contributed by atoms with Crippen molar-refractivity contribution in [3.05, 3.63) is 58.5 Å². The molecule has 0 fully saturated rings. The summed E-state index contributed by atoms with van der Waals surface area (Å²) < 4.78 is 5.57. The van der Waals surface area contributed by atoms with Crippen LogP contribution in [0.4, 0.5) is 0 Å².